The van der Waals surface area contributed by atoms with Gasteiger partial charge in [-0.25, -0.2) is 0 Å². The third-order valence-corrected chi connectivity index (χ3v) is 4.44. The van der Waals surface area contributed by atoms with Gasteiger partial charge in [0.2, 0.25) is 5.91 Å². The standard InChI is InChI=1S/C20H25N3O2/c21-19(18-4-2-1-3-5-18)20(24)22-14-16-6-8-17(9-7-16)15-23-10-12-25-13-11-23/h1-9,19H,10-15,21H2,(H,22,24). The Kier molecular flexibility index (Phi) is 6.17. The summed E-state index contributed by atoms with van der Waals surface area (Å²) in [4.78, 5) is 14.6. The average Bonchev–Trinajstić information content (AvgIpc) is 2.68. The molecule has 0 bridgehead atoms. The maximum absolute atomic E-state index is 12.2. The number of ether oxygens (including phenoxy) is 1. The number of nitrogens with zero attached hydrogens (tertiary/aromatic N) is 1. The van der Waals surface area contributed by atoms with Gasteiger partial charge in [0.1, 0.15) is 6.04 Å². The topological polar surface area (TPSA) is 67.6 Å². The minimum absolute atomic E-state index is 0.163. The number of carbonyl (C=O) groups is 1. The monoisotopic (exact) mass is 339 g/mol. The molecule has 3 rings (SSSR count). The minimum atomic E-state index is -0.637. The van der Waals surface area contributed by atoms with Gasteiger partial charge in [-0.05, 0) is 16.7 Å². The molecule has 1 fully saturated rings. The molecule has 2 aromatic rings. The van der Waals surface area contributed by atoms with Gasteiger partial charge in [-0.1, -0.05) is 54.6 Å². The molecule has 1 saturated heterocycles. The van der Waals surface area contributed by atoms with Gasteiger partial charge in [0.15, 0.2) is 0 Å². The summed E-state index contributed by atoms with van der Waals surface area (Å²) < 4.78 is 5.37. The normalized spacial score (nSPS) is 16.4. The van der Waals surface area contributed by atoms with Crippen molar-refractivity contribution in [2.75, 3.05) is 26.3 Å². The van der Waals surface area contributed by atoms with E-state index in [0.29, 0.717) is 6.54 Å². The number of hydrogen-bond donors (Lipinski definition) is 2. The van der Waals surface area contributed by atoms with E-state index in [2.05, 4.69) is 34.5 Å². The first kappa shape index (κ1) is 17.6. The van der Waals surface area contributed by atoms with Gasteiger partial charge in [-0.2, -0.15) is 0 Å². The molecule has 1 unspecified atom stereocenters. The van der Waals surface area contributed by atoms with E-state index in [4.69, 9.17) is 10.5 Å². The Bertz CT molecular complexity index is 667. The number of amides is 1. The summed E-state index contributed by atoms with van der Waals surface area (Å²) in [6.07, 6.45) is 0. The summed E-state index contributed by atoms with van der Waals surface area (Å²) in [7, 11) is 0. The van der Waals surface area contributed by atoms with Crippen molar-refractivity contribution >= 4 is 5.91 Å². The van der Waals surface area contributed by atoms with E-state index in [1.165, 1.54) is 5.56 Å². The zero-order valence-corrected chi connectivity index (χ0v) is 14.4. The predicted molar refractivity (Wildman–Crippen MR) is 97.8 cm³/mol. The van der Waals surface area contributed by atoms with Crippen LogP contribution in [0.4, 0.5) is 0 Å². The predicted octanol–water partition coefficient (Wildman–Crippen LogP) is 1.83. The molecule has 0 spiro atoms. The van der Waals surface area contributed by atoms with Gasteiger partial charge in [0, 0.05) is 26.2 Å². The molecule has 5 nitrogen and oxygen atoms in total. The van der Waals surface area contributed by atoms with Crippen molar-refractivity contribution in [3.05, 3.63) is 71.3 Å². The summed E-state index contributed by atoms with van der Waals surface area (Å²) in [6.45, 7) is 5.01. The number of carbonyl (C=O) groups excluding carboxylic acids is 1. The van der Waals surface area contributed by atoms with Gasteiger partial charge in [-0.15, -0.1) is 0 Å². The smallest absolute Gasteiger partial charge is 0.241 e. The second kappa shape index (κ2) is 8.76. The van der Waals surface area contributed by atoms with Crippen molar-refractivity contribution in [3.63, 3.8) is 0 Å². The van der Waals surface area contributed by atoms with Gasteiger partial charge in [0.05, 0.1) is 13.2 Å². The fourth-order valence-electron chi connectivity index (χ4n) is 2.89. The van der Waals surface area contributed by atoms with Crippen molar-refractivity contribution in [2.24, 2.45) is 5.73 Å². The molecule has 1 aliphatic heterocycles. The van der Waals surface area contributed by atoms with Gasteiger partial charge in [-0.3, -0.25) is 9.69 Å². The van der Waals surface area contributed by atoms with Crippen LogP contribution in [-0.4, -0.2) is 37.1 Å². The molecule has 1 amide bonds. The summed E-state index contributed by atoms with van der Waals surface area (Å²) in [5, 5.41) is 2.91. The molecule has 0 saturated carbocycles. The highest BCUT2D eigenvalue weighted by Gasteiger charge is 2.15. The lowest BCUT2D eigenvalue weighted by atomic mass is 10.1. The van der Waals surface area contributed by atoms with Crippen LogP contribution in [0.15, 0.2) is 54.6 Å². The second-order valence-corrected chi connectivity index (χ2v) is 6.31. The van der Waals surface area contributed by atoms with Crippen molar-refractivity contribution in [2.45, 2.75) is 19.1 Å². The molecule has 25 heavy (non-hydrogen) atoms. The number of nitrogens with two attached hydrogens (primary N) is 1. The van der Waals surface area contributed by atoms with Crippen molar-refractivity contribution in [1.29, 1.82) is 0 Å². The molecule has 3 N–H and O–H groups in total. The zero-order valence-electron chi connectivity index (χ0n) is 14.4. The van der Waals surface area contributed by atoms with E-state index in [1.54, 1.807) is 0 Å². The molecule has 5 heteroatoms. The Morgan fingerprint density at radius 2 is 1.68 bits per heavy atom. The van der Waals surface area contributed by atoms with Crippen LogP contribution in [0.5, 0.6) is 0 Å². The lowest BCUT2D eigenvalue weighted by Crippen LogP contribution is -2.35. The van der Waals surface area contributed by atoms with Crippen molar-refractivity contribution in [3.8, 4) is 0 Å². The lowest BCUT2D eigenvalue weighted by molar-refractivity contribution is -0.122. The van der Waals surface area contributed by atoms with Crippen LogP contribution in [0.1, 0.15) is 22.7 Å². The number of benzene rings is 2. The van der Waals surface area contributed by atoms with Crippen molar-refractivity contribution < 1.29 is 9.53 Å². The van der Waals surface area contributed by atoms with Crippen LogP contribution in [0, 0.1) is 0 Å². The number of nitrogens with one attached hydrogen (secondary N) is 1. The molecule has 0 aliphatic carbocycles. The molecule has 0 radical (unpaired) electrons. The maximum Gasteiger partial charge on any atom is 0.241 e. The number of rotatable bonds is 6. The van der Waals surface area contributed by atoms with E-state index < -0.39 is 6.04 Å². The van der Waals surface area contributed by atoms with Gasteiger partial charge < -0.3 is 15.8 Å². The van der Waals surface area contributed by atoms with Crippen LogP contribution in [-0.2, 0) is 22.6 Å². The molecule has 1 aliphatic rings. The van der Waals surface area contributed by atoms with Crippen LogP contribution in [0.25, 0.3) is 0 Å². The minimum Gasteiger partial charge on any atom is -0.379 e. The molecular formula is C20H25N3O2. The summed E-state index contributed by atoms with van der Waals surface area (Å²) >= 11 is 0. The first-order valence-corrected chi connectivity index (χ1v) is 8.68. The summed E-state index contributed by atoms with van der Waals surface area (Å²) in [6, 6.07) is 17.1. The Balaban J connectivity index is 1.49. The van der Waals surface area contributed by atoms with E-state index in [-0.39, 0.29) is 5.91 Å². The third kappa shape index (κ3) is 5.13. The van der Waals surface area contributed by atoms with E-state index >= 15 is 0 Å². The highest BCUT2D eigenvalue weighted by molar-refractivity contribution is 5.82. The van der Waals surface area contributed by atoms with E-state index in [0.717, 1.165) is 44.0 Å². The van der Waals surface area contributed by atoms with E-state index in [9.17, 15) is 4.79 Å². The fraction of sp³-hybridized carbons (Fsp3) is 0.350. The number of morpholine rings is 1. The lowest BCUT2D eigenvalue weighted by Gasteiger charge is -2.26. The quantitative estimate of drug-likeness (QED) is 0.843. The van der Waals surface area contributed by atoms with Gasteiger partial charge >= 0.3 is 0 Å². The van der Waals surface area contributed by atoms with Crippen LogP contribution < -0.4 is 11.1 Å². The summed E-state index contributed by atoms with van der Waals surface area (Å²) in [5.41, 5.74) is 9.17. The maximum atomic E-state index is 12.2. The average molecular weight is 339 g/mol. The Labute approximate surface area is 148 Å². The molecule has 1 atom stereocenters. The molecular weight excluding hydrogens is 314 g/mol. The highest BCUT2D eigenvalue weighted by atomic mass is 16.5. The largest absolute Gasteiger partial charge is 0.379 e. The molecule has 2 aromatic carbocycles. The SMILES string of the molecule is NC(C(=O)NCc1ccc(CN2CCOCC2)cc1)c1ccccc1. The Morgan fingerprint density at radius 3 is 2.36 bits per heavy atom. The van der Waals surface area contributed by atoms with Crippen LogP contribution in [0.3, 0.4) is 0 Å². The fourth-order valence-corrected chi connectivity index (χ4v) is 2.89. The second-order valence-electron chi connectivity index (χ2n) is 6.31. The first-order chi connectivity index (χ1) is 12.2. The highest BCUT2D eigenvalue weighted by Crippen LogP contribution is 2.11. The first-order valence-electron chi connectivity index (χ1n) is 8.68. The zero-order chi connectivity index (χ0) is 17.5. The van der Waals surface area contributed by atoms with E-state index in [1.807, 2.05) is 30.3 Å². The Morgan fingerprint density at radius 1 is 1.04 bits per heavy atom. The molecule has 132 valence electrons. The summed E-state index contributed by atoms with van der Waals surface area (Å²) in [5.74, 6) is -0.163. The Hall–Kier alpha value is -2.21. The molecule has 0 aromatic heterocycles. The van der Waals surface area contributed by atoms with Crippen LogP contribution >= 0.6 is 0 Å². The van der Waals surface area contributed by atoms with Crippen LogP contribution in [0.2, 0.25) is 0 Å². The number of hydrogen-bond acceptors (Lipinski definition) is 4. The van der Waals surface area contributed by atoms with Crippen molar-refractivity contribution in [1.82, 2.24) is 10.2 Å². The molecule has 1 heterocycles. The van der Waals surface area contributed by atoms with Gasteiger partial charge in [0.25, 0.3) is 0 Å². The third-order valence-electron chi connectivity index (χ3n) is 4.44.